The Morgan fingerprint density at radius 2 is 1.38 bits per heavy atom. The molecule has 0 fully saturated rings. The molecule has 0 unspecified atom stereocenters. The van der Waals surface area contributed by atoms with E-state index in [1.807, 2.05) is 0 Å². The lowest BCUT2D eigenvalue weighted by Crippen LogP contribution is -1.85. The zero-order chi connectivity index (χ0) is 6.99. The van der Waals surface area contributed by atoms with Crippen LogP contribution in [0.5, 0.6) is 0 Å². The highest BCUT2D eigenvalue weighted by Gasteiger charge is 1.76. The molecule has 0 radical (unpaired) electrons. The molecule has 0 aromatic carbocycles. The van der Waals surface area contributed by atoms with Crippen molar-refractivity contribution in [2.75, 3.05) is 13.2 Å². The van der Waals surface area contributed by atoms with Crippen LogP contribution < -0.4 is 0 Å². The van der Waals surface area contributed by atoms with E-state index in [0.717, 1.165) is 0 Å². The molecule has 0 spiro atoms. The second-order valence-corrected chi connectivity index (χ2v) is 6.11. The number of hydrogen-bond donors (Lipinski definition) is 2. The van der Waals surface area contributed by atoms with Gasteiger partial charge < -0.3 is 10.2 Å². The highest BCUT2D eigenvalue weighted by Crippen LogP contribution is 1.79. The van der Waals surface area contributed by atoms with Gasteiger partial charge in [-0.25, -0.2) is 0 Å². The Labute approximate surface area is 56.4 Å². The van der Waals surface area contributed by atoms with E-state index < -0.39 is 8.11 Å². The van der Waals surface area contributed by atoms with E-state index in [2.05, 4.69) is 13.1 Å². The minimum absolute atomic E-state index is 0.125. The number of hydrogen-bond acceptors (Lipinski definition) is 2. The molecular formula is C4H13ClO2Si. The highest BCUT2D eigenvalue weighted by atomic mass is 35.6. The quantitative estimate of drug-likeness (QED) is 0.420. The summed E-state index contributed by atoms with van der Waals surface area (Å²) in [7, 11) is -0.667. The van der Waals surface area contributed by atoms with Gasteiger partial charge in [0.15, 0.2) is 0 Å². The van der Waals surface area contributed by atoms with Crippen LogP contribution in [0, 0.1) is 0 Å². The summed E-state index contributed by atoms with van der Waals surface area (Å²) in [5, 5.41) is 15.2. The zero-order valence-electron chi connectivity index (χ0n) is 5.26. The van der Waals surface area contributed by atoms with Gasteiger partial charge in [-0.2, -0.15) is 11.1 Å². The largest absolute Gasteiger partial charge is 0.394 e. The highest BCUT2D eigenvalue weighted by molar-refractivity contribution is 7.05. The van der Waals surface area contributed by atoms with E-state index in [4.69, 9.17) is 21.3 Å². The normalized spacial score (nSPS) is 8.25. The van der Waals surface area contributed by atoms with E-state index in [-0.39, 0.29) is 13.2 Å². The van der Waals surface area contributed by atoms with Gasteiger partial charge >= 0.3 is 0 Å². The second kappa shape index (κ2) is 10.4. The Morgan fingerprint density at radius 3 is 1.38 bits per heavy atom. The molecule has 0 aliphatic rings. The maximum Gasteiger partial charge on any atom is 0.134 e. The van der Waals surface area contributed by atoms with Crippen molar-refractivity contribution >= 4 is 19.2 Å². The van der Waals surface area contributed by atoms with E-state index in [0.29, 0.717) is 0 Å². The van der Waals surface area contributed by atoms with Crippen LogP contribution in [0.4, 0.5) is 0 Å². The summed E-state index contributed by atoms with van der Waals surface area (Å²) in [6, 6.07) is 0. The summed E-state index contributed by atoms with van der Waals surface area (Å²) in [5.41, 5.74) is 0. The van der Waals surface area contributed by atoms with Crippen molar-refractivity contribution in [3.63, 3.8) is 0 Å². The van der Waals surface area contributed by atoms with Crippen molar-refractivity contribution < 1.29 is 10.2 Å². The third-order valence-electron chi connectivity index (χ3n) is 0.1000. The predicted molar refractivity (Wildman–Crippen MR) is 38.9 cm³/mol. The van der Waals surface area contributed by atoms with Gasteiger partial charge in [-0.3, -0.25) is 0 Å². The summed E-state index contributed by atoms with van der Waals surface area (Å²) < 4.78 is 0. The van der Waals surface area contributed by atoms with Crippen LogP contribution in [0.25, 0.3) is 0 Å². The lowest BCUT2D eigenvalue weighted by atomic mass is 10.8. The third kappa shape index (κ3) is 93.0. The molecule has 0 saturated carbocycles. The first-order chi connectivity index (χ1) is 3.65. The van der Waals surface area contributed by atoms with Crippen molar-refractivity contribution in [1.29, 1.82) is 0 Å². The number of rotatable bonds is 1. The van der Waals surface area contributed by atoms with Crippen LogP contribution in [-0.2, 0) is 0 Å². The van der Waals surface area contributed by atoms with Gasteiger partial charge in [-0.05, 0) is 0 Å². The monoisotopic (exact) mass is 156 g/mol. The predicted octanol–water partition coefficient (Wildman–Crippen LogP) is 0.180. The standard InChI is InChI=1S/C2H7ClSi.C2H6O2/c1-4(2)3;3-1-2-4/h4H,1-2H3;3-4H,1-2H2. The molecule has 8 heavy (non-hydrogen) atoms. The Bertz CT molecular complexity index is 30.5. The third-order valence-corrected chi connectivity index (χ3v) is 0.1000. The fourth-order valence-corrected chi connectivity index (χ4v) is 0. The summed E-state index contributed by atoms with van der Waals surface area (Å²) in [4.78, 5) is 0. The molecule has 52 valence electrons. The fraction of sp³-hybridized carbons (Fsp3) is 1.00. The summed E-state index contributed by atoms with van der Waals surface area (Å²) in [5.74, 6) is 0. The minimum Gasteiger partial charge on any atom is -0.394 e. The fourth-order valence-electron chi connectivity index (χ4n) is 0. The maximum atomic E-state index is 7.62. The summed E-state index contributed by atoms with van der Waals surface area (Å²) >= 11 is 5.41. The zero-order valence-corrected chi connectivity index (χ0v) is 7.17. The molecule has 0 aromatic heterocycles. The van der Waals surface area contributed by atoms with E-state index in [1.54, 1.807) is 0 Å². The van der Waals surface area contributed by atoms with Gasteiger partial charge in [-0.15, -0.1) is 0 Å². The van der Waals surface area contributed by atoms with Crippen LogP contribution in [0.2, 0.25) is 13.1 Å². The number of halogens is 1. The average molecular weight is 157 g/mol. The molecule has 2 N–H and O–H groups in total. The van der Waals surface area contributed by atoms with Gasteiger partial charge in [-0.1, -0.05) is 13.1 Å². The molecule has 2 nitrogen and oxygen atoms in total. The summed E-state index contributed by atoms with van der Waals surface area (Å²) in [6.07, 6.45) is 0. The molecule has 0 aliphatic carbocycles. The van der Waals surface area contributed by atoms with Gasteiger partial charge in [0.25, 0.3) is 0 Å². The first-order valence-corrected chi connectivity index (χ1v) is 6.56. The topological polar surface area (TPSA) is 40.5 Å². The molecule has 0 heterocycles. The van der Waals surface area contributed by atoms with Crippen molar-refractivity contribution in [2.24, 2.45) is 0 Å². The Morgan fingerprint density at radius 1 is 1.25 bits per heavy atom. The number of aliphatic hydroxyl groups is 2. The van der Waals surface area contributed by atoms with Gasteiger partial charge in [0.2, 0.25) is 0 Å². The molecule has 0 saturated heterocycles. The van der Waals surface area contributed by atoms with Crippen molar-refractivity contribution in [3.05, 3.63) is 0 Å². The molecule has 0 aliphatic heterocycles. The molecule has 4 heteroatoms. The van der Waals surface area contributed by atoms with E-state index >= 15 is 0 Å². The van der Waals surface area contributed by atoms with Crippen LogP contribution in [0.15, 0.2) is 0 Å². The van der Waals surface area contributed by atoms with Gasteiger partial charge in [0, 0.05) is 0 Å². The van der Waals surface area contributed by atoms with Crippen molar-refractivity contribution in [3.8, 4) is 0 Å². The average Bonchev–Trinajstić information content (AvgIpc) is 1.65. The number of aliphatic hydroxyl groups excluding tert-OH is 2. The van der Waals surface area contributed by atoms with Crippen LogP contribution >= 0.6 is 11.1 Å². The molecule has 0 amide bonds. The lowest BCUT2D eigenvalue weighted by molar-refractivity contribution is 0.186. The molecule has 0 bridgehead atoms. The first kappa shape index (κ1) is 11.3. The molecule has 0 rings (SSSR count). The van der Waals surface area contributed by atoms with Crippen LogP contribution in [0.1, 0.15) is 0 Å². The molecule has 0 atom stereocenters. The van der Waals surface area contributed by atoms with Crippen LogP contribution in [-0.4, -0.2) is 31.5 Å². The minimum atomic E-state index is -0.667. The molecule has 0 aromatic rings. The second-order valence-electron chi connectivity index (χ2n) is 1.46. The lowest BCUT2D eigenvalue weighted by Gasteiger charge is -1.72. The van der Waals surface area contributed by atoms with E-state index in [1.165, 1.54) is 0 Å². The Kier molecular flexibility index (Phi) is 14.7. The Hall–Kier alpha value is 0.427. The van der Waals surface area contributed by atoms with Gasteiger partial charge in [0.05, 0.1) is 13.2 Å². The maximum absolute atomic E-state index is 7.62. The van der Waals surface area contributed by atoms with Crippen LogP contribution in [0.3, 0.4) is 0 Å². The van der Waals surface area contributed by atoms with Gasteiger partial charge in [0.1, 0.15) is 8.11 Å². The van der Waals surface area contributed by atoms with Crippen molar-refractivity contribution in [2.45, 2.75) is 13.1 Å². The van der Waals surface area contributed by atoms with Crippen molar-refractivity contribution in [1.82, 2.24) is 0 Å². The molecular weight excluding hydrogens is 144 g/mol. The summed E-state index contributed by atoms with van der Waals surface area (Å²) in [6.45, 7) is 3.89. The first-order valence-electron chi connectivity index (χ1n) is 2.51. The smallest absolute Gasteiger partial charge is 0.134 e. The Balaban J connectivity index is 0. The van der Waals surface area contributed by atoms with E-state index in [9.17, 15) is 0 Å². The SMILES string of the molecule is C[SiH](C)Cl.OCCO.